The molecule has 0 unspecified atom stereocenters. The summed E-state index contributed by atoms with van der Waals surface area (Å²) >= 11 is 2.20. The molecule has 0 aliphatic heterocycles. The van der Waals surface area contributed by atoms with Gasteiger partial charge in [-0.15, -0.1) is 0 Å². The molecule has 2 aromatic rings. The average Bonchev–Trinajstić information content (AvgIpc) is 2.19. The number of halogens is 2. The van der Waals surface area contributed by atoms with E-state index < -0.39 is 0 Å². The molecule has 0 saturated carbocycles. The van der Waals surface area contributed by atoms with Gasteiger partial charge in [-0.25, -0.2) is 4.39 Å². The maximum atomic E-state index is 12.7. The standard InChI is InChI=1S/C11H7FIN/c12-10-3-1-8(2-4-10)9-5-11(13)7-14-6-9/h1-7H. The van der Waals surface area contributed by atoms with Crippen molar-refractivity contribution in [2.75, 3.05) is 0 Å². The SMILES string of the molecule is Fc1ccc(-c2cncc(I)c2)cc1. The molecule has 0 radical (unpaired) electrons. The second-order valence-corrected chi connectivity index (χ2v) is 4.14. The minimum atomic E-state index is -0.215. The highest BCUT2D eigenvalue weighted by Gasteiger charge is 1.98. The molecule has 1 aromatic carbocycles. The Kier molecular flexibility index (Phi) is 2.77. The van der Waals surface area contributed by atoms with Crippen LogP contribution in [0.5, 0.6) is 0 Å². The normalized spacial score (nSPS) is 10.1. The van der Waals surface area contributed by atoms with E-state index in [1.165, 1.54) is 12.1 Å². The van der Waals surface area contributed by atoms with Gasteiger partial charge < -0.3 is 0 Å². The zero-order chi connectivity index (χ0) is 9.97. The summed E-state index contributed by atoms with van der Waals surface area (Å²) in [5, 5.41) is 0. The molecule has 0 aliphatic rings. The van der Waals surface area contributed by atoms with E-state index in [-0.39, 0.29) is 5.82 Å². The van der Waals surface area contributed by atoms with Crippen LogP contribution in [0.2, 0.25) is 0 Å². The van der Waals surface area contributed by atoms with Crippen molar-refractivity contribution in [3.05, 3.63) is 52.1 Å². The second kappa shape index (κ2) is 4.04. The van der Waals surface area contributed by atoms with E-state index in [1.807, 2.05) is 6.07 Å². The van der Waals surface area contributed by atoms with Gasteiger partial charge >= 0.3 is 0 Å². The monoisotopic (exact) mass is 299 g/mol. The molecule has 0 amide bonds. The number of nitrogens with zero attached hydrogens (tertiary/aromatic N) is 1. The maximum absolute atomic E-state index is 12.7. The first-order valence-corrected chi connectivity index (χ1v) is 5.20. The molecule has 1 aromatic heterocycles. The molecule has 0 N–H and O–H groups in total. The van der Waals surface area contributed by atoms with Crippen LogP contribution in [0.1, 0.15) is 0 Å². The zero-order valence-electron chi connectivity index (χ0n) is 7.24. The average molecular weight is 299 g/mol. The van der Waals surface area contributed by atoms with E-state index in [9.17, 15) is 4.39 Å². The minimum Gasteiger partial charge on any atom is -0.263 e. The first-order valence-electron chi connectivity index (χ1n) is 4.12. The number of benzene rings is 1. The molecule has 2 rings (SSSR count). The molecule has 70 valence electrons. The lowest BCUT2D eigenvalue weighted by atomic mass is 10.1. The van der Waals surface area contributed by atoms with E-state index >= 15 is 0 Å². The van der Waals surface area contributed by atoms with Gasteiger partial charge in [-0.2, -0.15) is 0 Å². The van der Waals surface area contributed by atoms with Crippen LogP contribution < -0.4 is 0 Å². The first kappa shape index (κ1) is 9.58. The van der Waals surface area contributed by atoms with Crippen molar-refractivity contribution in [3.8, 4) is 11.1 Å². The number of rotatable bonds is 1. The van der Waals surface area contributed by atoms with Crippen LogP contribution in [0.15, 0.2) is 42.7 Å². The highest BCUT2D eigenvalue weighted by Crippen LogP contribution is 2.20. The lowest BCUT2D eigenvalue weighted by molar-refractivity contribution is 0.628. The quantitative estimate of drug-likeness (QED) is 0.735. The summed E-state index contributed by atoms with van der Waals surface area (Å²) in [6.07, 6.45) is 3.56. The predicted octanol–water partition coefficient (Wildman–Crippen LogP) is 3.49. The Balaban J connectivity index is 2.44. The fourth-order valence-corrected chi connectivity index (χ4v) is 1.71. The fourth-order valence-electron chi connectivity index (χ4n) is 1.21. The van der Waals surface area contributed by atoms with Gasteiger partial charge in [0.15, 0.2) is 0 Å². The Bertz CT molecular complexity index is 439. The summed E-state index contributed by atoms with van der Waals surface area (Å²) in [5.41, 5.74) is 1.99. The molecular formula is C11H7FIN. The Labute approximate surface area is 95.1 Å². The van der Waals surface area contributed by atoms with Crippen molar-refractivity contribution in [2.24, 2.45) is 0 Å². The van der Waals surface area contributed by atoms with Crippen LogP contribution in [0.4, 0.5) is 4.39 Å². The third-order valence-electron chi connectivity index (χ3n) is 1.88. The molecule has 0 fully saturated rings. The summed E-state index contributed by atoms with van der Waals surface area (Å²) in [6, 6.07) is 8.43. The Hall–Kier alpha value is -0.970. The summed E-state index contributed by atoms with van der Waals surface area (Å²) in [6.45, 7) is 0. The van der Waals surface area contributed by atoms with Crippen molar-refractivity contribution >= 4 is 22.6 Å². The summed E-state index contributed by atoms with van der Waals surface area (Å²) in [7, 11) is 0. The van der Waals surface area contributed by atoms with Crippen LogP contribution in [-0.4, -0.2) is 4.98 Å². The van der Waals surface area contributed by atoms with Crippen LogP contribution in [0, 0.1) is 9.39 Å². The molecule has 14 heavy (non-hydrogen) atoms. The topological polar surface area (TPSA) is 12.9 Å². The van der Waals surface area contributed by atoms with Crippen LogP contribution in [0.25, 0.3) is 11.1 Å². The maximum Gasteiger partial charge on any atom is 0.123 e. The minimum absolute atomic E-state index is 0.215. The van der Waals surface area contributed by atoms with Crippen LogP contribution in [0.3, 0.4) is 0 Å². The molecule has 0 atom stereocenters. The number of hydrogen-bond acceptors (Lipinski definition) is 1. The van der Waals surface area contributed by atoms with Gasteiger partial charge in [-0.05, 0) is 46.4 Å². The van der Waals surface area contributed by atoms with Crippen molar-refractivity contribution in [1.82, 2.24) is 4.98 Å². The Morgan fingerprint density at radius 1 is 1.00 bits per heavy atom. The van der Waals surface area contributed by atoms with E-state index in [1.54, 1.807) is 24.5 Å². The van der Waals surface area contributed by atoms with Gasteiger partial charge in [0.25, 0.3) is 0 Å². The summed E-state index contributed by atoms with van der Waals surface area (Å²) in [5.74, 6) is -0.215. The molecule has 0 bridgehead atoms. The lowest BCUT2D eigenvalue weighted by Gasteiger charge is -2.00. The third-order valence-corrected chi connectivity index (χ3v) is 2.47. The third kappa shape index (κ3) is 2.09. The molecule has 1 heterocycles. The van der Waals surface area contributed by atoms with Crippen molar-refractivity contribution < 1.29 is 4.39 Å². The van der Waals surface area contributed by atoms with Gasteiger partial charge in [0.05, 0.1) is 0 Å². The van der Waals surface area contributed by atoms with Crippen molar-refractivity contribution in [2.45, 2.75) is 0 Å². The van der Waals surface area contributed by atoms with Gasteiger partial charge in [0, 0.05) is 21.5 Å². The van der Waals surface area contributed by atoms with Crippen LogP contribution >= 0.6 is 22.6 Å². The van der Waals surface area contributed by atoms with Gasteiger partial charge in [-0.1, -0.05) is 12.1 Å². The summed E-state index contributed by atoms with van der Waals surface area (Å²) in [4.78, 5) is 4.08. The summed E-state index contributed by atoms with van der Waals surface area (Å²) < 4.78 is 13.7. The molecular weight excluding hydrogens is 292 g/mol. The zero-order valence-corrected chi connectivity index (χ0v) is 9.40. The van der Waals surface area contributed by atoms with Gasteiger partial charge in [-0.3, -0.25) is 4.98 Å². The van der Waals surface area contributed by atoms with E-state index in [4.69, 9.17) is 0 Å². The van der Waals surface area contributed by atoms with Crippen molar-refractivity contribution in [1.29, 1.82) is 0 Å². The number of pyridine rings is 1. The van der Waals surface area contributed by atoms with E-state index in [2.05, 4.69) is 27.6 Å². The predicted molar refractivity (Wildman–Crippen MR) is 62.3 cm³/mol. The Morgan fingerprint density at radius 2 is 1.71 bits per heavy atom. The highest BCUT2D eigenvalue weighted by molar-refractivity contribution is 14.1. The van der Waals surface area contributed by atoms with Crippen molar-refractivity contribution in [3.63, 3.8) is 0 Å². The first-order chi connectivity index (χ1) is 6.75. The van der Waals surface area contributed by atoms with Gasteiger partial charge in [0.1, 0.15) is 5.82 Å². The second-order valence-electron chi connectivity index (χ2n) is 2.90. The molecule has 0 aliphatic carbocycles. The smallest absolute Gasteiger partial charge is 0.123 e. The van der Waals surface area contributed by atoms with E-state index in [0.29, 0.717) is 0 Å². The Morgan fingerprint density at radius 3 is 2.36 bits per heavy atom. The fraction of sp³-hybridized carbons (Fsp3) is 0. The highest BCUT2D eigenvalue weighted by atomic mass is 127. The van der Waals surface area contributed by atoms with Gasteiger partial charge in [0.2, 0.25) is 0 Å². The van der Waals surface area contributed by atoms with Crippen LogP contribution in [-0.2, 0) is 0 Å². The molecule has 0 spiro atoms. The molecule has 3 heteroatoms. The number of hydrogen-bond donors (Lipinski definition) is 0. The lowest BCUT2D eigenvalue weighted by Crippen LogP contribution is -1.82. The molecule has 1 nitrogen and oxygen atoms in total. The largest absolute Gasteiger partial charge is 0.263 e. The number of aromatic nitrogens is 1. The molecule has 0 saturated heterocycles. The van der Waals surface area contributed by atoms with E-state index in [0.717, 1.165) is 14.7 Å².